The third-order valence-corrected chi connectivity index (χ3v) is 3.96. The van der Waals surface area contributed by atoms with Crippen LogP contribution in [0.25, 0.3) is 10.2 Å². The number of nitrogens with zero attached hydrogens (tertiary/aromatic N) is 1. The summed E-state index contributed by atoms with van der Waals surface area (Å²) in [6, 6.07) is 5.80. The standard InChI is InChI=1S/C14H19ClN2OS/c1-2-3-8-18-9-4-7-16-14-17-12-10-11(15)5-6-13(12)19-14/h5-6,10H,2-4,7-9H2,1H3,(H,16,17). The number of hydrogen-bond donors (Lipinski definition) is 1. The minimum atomic E-state index is 0.730. The van der Waals surface area contributed by atoms with Gasteiger partial charge in [-0.25, -0.2) is 4.98 Å². The fourth-order valence-electron chi connectivity index (χ4n) is 1.69. The number of hydrogen-bond acceptors (Lipinski definition) is 4. The van der Waals surface area contributed by atoms with E-state index < -0.39 is 0 Å². The molecule has 0 unspecified atom stereocenters. The highest BCUT2D eigenvalue weighted by atomic mass is 35.5. The molecule has 0 aliphatic rings. The van der Waals surface area contributed by atoms with Gasteiger partial charge in [0.2, 0.25) is 0 Å². The molecule has 0 aliphatic carbocycles. The normalized spacial score (nSPS) is 11.1. The molecule has 0 fully saturated rings. The molecule has 0 atom stereocenters. The van der Waals surface area contributed by atoms with Crippen LogP contribution >= 0.6 is 22.9 Å². The van der Waals surface area contributed by atoms with E-state index in [-0.39, 0.29) is 0 Å². The number of anilines is 1. The molecule has 0 saturated carbocycles. The molecule has 2 rings (SSSR count). The van der Waals surface area contributed by atoms with Crippen LogP contribution in [0.2, 0.25) is 5.02 Å². The van der Waals surface area contributed by atoms with Crippen molar-refractivity contribution in [3.05, 3.63) is 23.2 Å². The Morgan fingerprint density at radius 2 is 2.16 bits per heavy atom. The fraction of sp³-hybridized carbons (Fsp3) is 0.500. The second-order valence-corrected chi connectivity index (χ2v) is 5.84. The molecule has 104 valence electrons. The van der Waals surface area contributed by atoms with Crippen molar-refractivity contribution in [3.8, 4) is 0 Å². The molecule has 0 spiro atoms. The van der Waals surface area contributed by atoms with E-state index in [1.165, 1.54) is 6.42 Å². The highest BCUT2D eigenvalue weighted by Crippen LogP contribution is 2.27. The number of ether oxygens (including phenoxy) is 1. The van der Waals surface area contributed by atoms with Gasteiger partial charge in [-0.05, 0) is 31.0 Å². The van der Waals surface area contributed by atoms with Crippen LogP contribution < -0.4 is 5.32 Å². The van der Waals surface area contributed by atoms with E-state index in [2.05, 4.69) is 17.2 Å². The molecule has 0 saturated heterocycles. The van der Waals surface area contributed by atoms with Gasteiger partial charge in [0.1, 0.15) is 0 Å². The molecular formula is C14H19ClN2OS. The van der Waals surface area contributed by atoms with Crippen LogP contribution in [0.5, 0.6) is 0 Å². The number of aromatic nitrogens is 1. The highest BCUT2D eigenvalue weighted by molar-refractivity contribution is 7.22. The Kier molecular flexibility index (Phi) is 5.89. The van der Waals surface area contributed by atoms with Crippen LogP contribution in [0, 0.1) is 0 Å². The molecule has 2 aromatic rings. The molecule has 0 amide bonds. The van der Waals surface area contributed by atoms with E-state index in [0.717, 1.165) is 53.0 Å². The predicted molar refractivity (Wildman–Crippen MR) is 83.5 cm³/mol. The van der Waals surface area contributed by atoms with Crippen LogP contribution in [-0.2, 0) is 4.74 Å². The van der Waals surface area contributed by atoms with Gasteiger partial charge in [-0.2, -0.15) is 0 Å². The van der Waals surface area contributed by atoms with E-state index in [9.17, 15) is 0 Å². The van der Waals surface area contributed by atoms with Crippen LogP contribution in [0.4, 0.5) is 5.13 Å². The van der Waals surface area contributed by atoms with Crippen molar-refractivity contribution in [2.75, 3.05) is 25.1 Å². The summed E-state index contributed by atoms with van der Waals surface area (Å²) >= 11 is 7.60. The Hall–Kier alpha value is -0.840. The summed E-state index contributed by atoms with van der Waals surface area (Å²) in [6.07, 6.45) is 3.33. The Bertz CT molecular complexity index is 515. The van der Waals surface area contributed by atoms with Gasteiger partial charge in [0.15, 0.2) is 5.13 Å². The van der Waals surface area contributed by atoms with Gasteiger partial charge in [0, 0.05) is 24.8 Å². The molecule has 3 nitrogen and oxygen atoms in total. The van der Waals surface area contributed by atoms with Crippen LogP contribution in [0.3, 0.4) is 0 Å². The third kappa shape index (κ3) is 4.64. The maximum Gasteiger partial charge on any atom is 0.183 e. The summed E-state index contributed by atoms with van der Waals surface area (Å²) in [5, 5.41) is 5.01. The summed E-state index contributed by atoms with van der Waals surface area (Å²) in [7, 11) is 0. The highest BCUT2D eigenvalue weighted by Gasteiger charge is 2.03. The van der Waals surface area contributed by atoms with Gasteiger partial charge in [-0.1, -0.05) is 36.3 Å². The Morgan fingerprint density at radius 1 is 1.32 bits per heavy atom. The lowest BCUT2D eigenvalue weighted by Gasteiger charge is -2.03. The second kappa shape index (κ2) is 7.68. The fourth-order valence-corrected chi connectivity index (χ4v) is 2.73. The average Bonchev–Trinajstić information content (AvgIpc) is 2.79. The molecule has 0 bridgehead atoms. The number of thiazole rings is 1. The van der Waals surface area contributed by atoms with Gasteiger partial charge in [-0.3, -0.25) is 0 Å². The first-order valence-electron chi connectivity index (χ1n) is 6.67. The largest absolute Gasteiger partial charge is 0.381 e. The second-order valence-electron chi connectivity index (χ2n) is 4.38. The van der Waals surface area contributed by atoms with E-state index in [0.29, 0.717) is 0 Å². The van der Waals surface area contributed by atoms with Crippen molar-refractivity contribution in [1.82, 2.24) is 4.98 Å². The third-order valence-electron chi connectivity index (χ3n) is 2.73. The van der Waals surface area contributed by atoms with Gasteiger partial charge in [0.05, 0.1) is 10.2 Å². The van der Waals surface area contributed by atoms with Gasteiger partial charge >= 0.3 is 0 Å². The number of rotatable bonds is 8. The van der Waals surface area contributed by atoms with Crippen LogP contribution in [0.15, 0.2) is 18.2 Å². The molecule has 5 heteroatoms. The predicted octanol–water partition coefficient (Wildman–Crippen LogP) is 4.57. The number of fused-ring (bicyclic) bond motifs is 1. The number of halogens is 1. The number of nitrogens with one attached hydrogen (secondary N) is 1. The Labute approximate surface area is 122 Å². The monoisotopic (exact) mass is 298 g/mol. The zero-order chi connectivity index (χ0) is 13.5. The molecule has 1 aromatic heterocycles. The minimum Gasteiger partial charge on any atom is -0.381 e. The summed E-state index contributed by atoms with van der Waals surface area (Å²) in [6.45, 7) is 4.74. The maximum atomic E-state index is 5.94. The lowest BCUT2D eigenvalue weighted by Crippen LogP contribution is -2.05. The molecule has 1 aromatic carbocycles. The SMILES string of the molecule is CCCCOCCCNc1nc2cc(Cl)ccc2s1. The number of unbranched alkanes of at least 4 members (excludes halogenated alkanes) is 1. The van der Waals surface area contributed by atoms with Crippen molar-refractivity contribution in [1.29, 1.82) is 0 Å². The average molecular weight is 299 g/mol. The van der Waals surface area contributed by atoms with Gasteiger partial charge in [-0.15, -0.1) is 0 Å². The van der Waals surface area contributed by atoms with Crippen LogP contribution in [-0.4, -0.2) is 24.7 Å². The van der Waals surface area contributed by atoms with Crippen molar-refractivity contribution in [2.45, 2.75) is 26.2 Å². The summed E-state index contributed by atoms with van der Waals surface area (Å²) in [4.78, 5) is 4.50. The van der Waals surface area contributed by atoms with E-state index in [4.69, 9.17) is 16.3 Å². The Morgan fingerprint density at radius 3 is 3.00 bits per heavy atom. The topological polar surface area (TPSA) is 34.1 Å². The Balaban J connectivity index is 1.72. The molecule has 0 aliphatic heterocycles. The number of benzene rings is 1. The van der Waals surface area contributed by atoms with Crippen molar-refractivity contribution < 1.29 is 4.74 Å². The molecule has 1 N–H and O–H groups in total. The lowest BCUT2D eigenvalue weighted by molar-refractivity contribution is 0.131. The van der Waals surface area contributed by atoms with Crippen molar-refractivity contribution in [2.24, 2.45) is 0 Å². The quantitative estimate of drug-likeness (QED) is 0.725. The first-order chi connectivity index (χ1) is 9.29. The zero-order valence-electron chi connectivity index (χ0n) is 11.1. The van der Waals surface area contributed by atoms with Gasteiger partial charge < -0.3 is 10.1 Å². The molecular weight excluding hydrogens is 280 g/mol. The lowest BCUT2D eigenvalue weighted by atomic mass is 10.3. The van der Waals surface area contributed by atoms with E-state index in [1.54, 1.807) is 11.3 Å². The molecule has 0 radical (unpaired) electrons. The zero-order valence-corrected chi connectivity index (χ0v) is 12.7. The maximum absolute atomic E-state index is 5.94. The smallest absolute Gasteiger partial charge is 0.183 e. The first-order valence-corrected chi connectivity index (χ1v) is 7.86. The van der Waals surface area contributed by atoms with Crippen molar-refractivity contribution >= 4 is 38.3 Å². The van der Waals surface area contributed by atoms with E-state index >= 15 is 0 Å². The summed E-state index contributed by atoms with van der Waals surface area (Å²) in [5.41, 5.74) is 0.958. The molecule has 1 heterocycles. The van der Waals surface area contributed by atoms with Crippen LogP contribution in [0.1, 0.15) is 26.2 Å². The van der Waals surface area contributed by atoms with Gasteiger partial charge in [0.25, 0.3) is 0 Å². The van der Waals surface area contributed by atoms with E-state index in [1.807, 2.05) is 18.2 Å². The van der Waals surface area contributed by atoms with Crippen molar-refractivity contribution in [3.63, 3.8) is 0 Å². The summed E-state index contributed by atoms with van der Waals surface area (Å²) < 4.78 is 6.67. The minimum absolute atomic E-state index is 0.730. The molecule has 19 heavy (non-hydrogen) atoms. The summed E-state index contributed by atoms with van der Waals surface area (Å²) in [5.74, 6) is 0. The first kappa shape index (κ1) is 14.6.